The molecule has 0 atom stereocenters. The first-order chi connectivity index (χ1) is 11.7. The lowest BCUT2D eigenvalue weighted by Crippen LogP contribution is -2.34. The number of carboxylic acid groups (broad SMARTS) is 1. The van der Waals surface area contributed by atoms with E-state index in [4.69, 9.17) is 9.47 Å². The number of ether oxygens (including phenoxy) is 2. The second-order valence-electron chi connectivity index (χ2n) is 6.56. The predicted octanol–water partition coefficient (Wildman–Crippen LogP) is 1.86. The maximum Gasteiger partial charge on any atom is 0.407 e. The summed E-state index contributed by atoms with van der Waals surface area (Å²) in [6.07, 6.45) is 1.76. The standard InChI is InChI=1S/C16H28N4O5/c1-5-6-10-24-11-9-20-12(13(14(21)22)18-19-20)7-8-17-15(23)25-16(2,3)4/h5-11H2,1-4H3,(H,17,23)(H,21,22). The van der Waals surface area contributed by atoms with Crippen molar-refractivity contribution >= 4 is 12.1 Å². The number of nitrogens with one attached hydrogen (secondary N) is 1. The van der Waals surface area contributed by atoms with E-state index in [1.165, 1.54) is 4.68 Å². The van der Waals surface area contributed by atoms with Gasteiger partial charge in [-0.15, -0.1) is 5.10 Å². The van der Waals surface area contributed by atoms with Gasteiger partial charge in [0.05, 0.1) is 18.8 Å². The molecule has 0 aliphatic heterocycles. The highest BCUT2D eigenvalue weighted by atomic mass is 16.6. The fourth-order valence-corrected chi connectivity index (χ4v) is 2.02. The third-order valence-electron chi connectivity index (χ3n) is 3.16. The normalized spacial score (nSPS) is 11.4. The smallest absolute Gasteiger partial charge is 0.407 e. The van der Waals surface area contributed by atoms with Gasteiger partial charge in [-0.3, -0.25) is 0 Å². The number of rotatable bonds is 10. The number of hydrogen-bond acceptors (Lipinski definition) is 6. The van der Waals surface area contributed by atoms with Gasteiger partial charge >= 0.3 is 12.1 Å². The third kappa shape index (κ3) is 7.97. The Morgan fingerprint density at radius 2 is 2.00 bits per heavy atom. The van der Waals surface area contributed by atoms with Crippen LogP contribution in [-0.4, -0.2) is 57.5 Å². The van der Waals surface area contributed by atoms with Crippen LogP contribution in [0.2, 0.25) is 0 Å². The lowest BCUT2D eigenvalue weighted by atomic mass is 10.2. The maximum atomic E-state index is 11.7. The maximum absolute atomic E-state index is 11.7. The second-order valence-corrected chi connectivity index (χ2v) is 6.56. The van der Waals surface area contributed by atoms with Crippen LogP contribution in [0.1, 0.15) is 56.7 Å². The van der Waals surface area contributed by atoms with Gasteiger partial charge in [0.2, 0.25) is 0 Å². The van der Waals surface area contributed by atoms with E-state index in [-0.39, 0.29) is 18.7 Å². The summed E-state index contributed by atoms with van der Waals surface area (Å²) in [4.78, 5) is 22.9. The Labute approximate surface area is 147 Å². The number of nitrogens with zero attached hydrogens (tertiary/aromatic N) is 3. The van der Waals surface area contributed by atoms with Gasteiger partial charge in [0.1, 0.15) is 5.60 Å². The Morgan fingerprint density at radius 1 is 1.28 bits per heavy atom. The zero-order chi connectivity index (χ0) is 18.9. The van der Waals surface area contributed by atoms with Gasteiger partial charge in [-0.1, -0.05) is 18.6 Å². The van der Waals surface area contributed by atoms with Crippen LogP contribution < -0.4 is 5.32 Å². The van der Waals surface area contributed by atoms with Crippen molar-refractivity contribution in [2.24, 2.45) is 0 Å². The predicted molar refractivity (Wildman–Crippen MR) is 90.6 cm³/mol. The van der Waals surface area contributed by atoms with E-state index in [0.717, 1.165) is 12.8 Å². The first-order valence-electron chi connectivity index (χ1n) is 8.45. The van der Waals surface area contributed by atoms with Crippen LogP contribution >= 0.6 is 0 Å². The van der Waals surface area contributed by atoms with Crippen molar-refractivity contribution < 1.29 is 24.2 Å². The topological polar surface area (TPSA) is 116 Å². The molecule has 1 aromatic heterocycles. The Kier molecular flexibility index (Phi) is 8.33. The van der Waals surface area contributed by atoms with Crippen molar-refractivity contribution in [1.82, 2.24) is 20.3 Å². The van der Waals surface area contributed by atoms with E-state index < -0.39 is 17.7 Å². The van der Waals surface area contributed by atoms with Crippen molar-refractivity contribution in [3.8, 4) is 0 Å². The highest BCUT2D eigenvalue weighted by molar-refractivity contribution is 5.86. The molecule has 142 valence electrons. The minimum atomic E-state index is -1.15. The van der Waals surface area contributed by atoms with Gasteiger partial charge in [-0.05, 0) is 27.2 Å². The fraction of sp³-hybridized carbons (Fsp3) is 0.750. The molecule has 0 fully saturated rings. The average molecular weight is 356 g/mol. The summed E-state index contributed by atoms with van der Waals surface area (Å²) in [5.74, 6) is -1.15. The molecule has 0 spiro atoms. The lowest BCUT2D eigenvalue weighted by molar-refractivity contribution is 0.0528. The first kappa shape index (κ1) is 20.9. The minimum Gasteiger partial charge on any atom is -0.476 e. The van der Waals surface area contributed by atoms with Crippen molar-refractivity contribution in [3.05, 3.63) is 11.4 Å². The number of aromatic nitrogens is 3. The zero-order valence-electron chi connectivity index (χ0n) is 15.4. The van der Waals surface area contributed by atoms with Crippen LogP contribution in [0, 0.1) is 0 Å². The van der Waals surface area contributed by atoms with E-state index in [1.54, 1.807) is 20.8 Å². The van der Waals surface area contributed by atoms with Crippen molar-refractivity contribution in [3.63, 3.8) is 0 Å². The molecule has 1 heterocycles. The van der Waals surface area contributed by atoms with Gasteiger partial charge in [0.15, 0.2) is 5.69 Å². The quantitative estimate of drug-likeness (QED) is 0.615. The largest absolute Gasteiger partial charge is 0.476 e. The minimum absolute atomic E-state index is 0.112. The molecule has 1 aromatic rings. The van der Waals surface area contributed by atoms with E-state index in [9.17, 15) is 14.7 Å². The van der Waals surface area contributed by atoms with E-state index in [1.807, 2.05) is 0 Å². The van der Waals surface area contributed by atoms with Gasteiger partial charge in [0.25, 0.3) is 0 Å². The molecular weight excluding hydrogens is 328 g/mol. The first-order valence-corrected chi connectivity index (χ1v) is 8.45. The molecule has 0 unspecified atom stereocenters. The summed E-state index contributed by atoms with van der Waals surface area (Å²) >= 11 is 0. The molecule has 0 bridgehead atoms. The van der Waals surface area contributed by atoms with Gasteiger partial charge in [-0.25, -0.2) is 14.3 Å². The van der Waals surface area contributed by atoms with Crippen LogP contribution in [0.4, 0.5) is 4.79 Å². The zero-order valence-corrected chi connectivity index (χ0v) is 15.4. The number of unbranched alkanes of at least 4 members (excludes halogenated alkanes) is 1. The summed E-state index contributed by atoms with van der Waals surface area (Å²) in [6.45, 7) is 9.11. The molecule has 2 N–H and O–H groups in total. The molecule has 0 aromatic carbocycles. The van der Waals surface area contributed by atoms with Crippen LogP contribution in [-0.2, 0) is 22.4 Å². The number of carboxylic acids is 1. The van der Waals surface area contributed by atoms with Crippen molar-refractivity contribution in [2.45, 2.75) is 59.1 Å². The Hall–Kier alpha value is -2.16. The Balaban J connectivity index is 2.58. The summed E-state index contributed by atoms with van der Waals surface area (Å²) in [7, 11) is 0. The highest BCUT2D eigenvalue weighted by Crippen LogP contribution is 2.08. The fourth-order valence-electron chi connectivity index (χ4n) is 2.02. The second kappa shape index (κ2) is 9.97. The molecule has 0 saturated heterocycles. The molecule has 9 heteroatoms. The number of amides is 1. The SMILES string of the molecule is CCCCOCCn1nnc(C(=O)O)c1CCNC(=O)OC(C)(C)C. The van der Waals surface area contributed by atoms with Crippen molar-refractivity contribution in [2.75, 3.05) is 19.8 Å². The van der Waals surface area contributed by atoms with Crippen LogP contribution in [0.3, 0.4) is 0 Å². The highest BCUT2D eigenvalue weighted by Gasteiger charge is 2.20. The number of hydrogen-bond donors (Lipinski definition) is 2. The van der Waals surface area contributed by atoms with Crippen molar-refractivity contribution in [1.29, 1.82) is 0 Å². The van der Waals surface area contributed by atoms with Gasteiger partial charge in [-0.2, -0.15) is 0 Å². The number of alkyl carbamates (subject to hydrolysis) is 1. The van der Waals surface area contributed by atoms with E-state index >= 15 is 0 Å². The summed E-state index contributed by atoms with van der Waals surface area (Å²) in [5, 5.41) is 19.4. The monoisotopic (exact) mass is 356 g/mol. The Morgan fingerprint density at radius 3 is 2.60 bits per heavy atom. The van der Waals surface area contributed by atoms with Crippen LogP contribution in [0.25, 0.3) is 0 Å². The number of carbonyl (C=O) groups is 2. The molecule has 25 heavy (non-hydrogen) atoms. The number of carbonyl (C=O) groups excluding carboxylic acids is 1. The third-order valence-corrected chi connectivity index (χ3v) is 3.16. The molecular formula is C16H28N4O5. The van der Waals surface area contributed by atoms with Gasteiger partial charge < -0.3 is 19.9 Å². The van der Waals surface area contributed by atoms with Crippen LogP contribution in [0.5, 0.6) is 0 Å². The van der Waals surface area contributed by atoms with Gasteiger partial charge in [0, 0.05) is 19.6 Å². The Bertz CT molecular complexity index is 565. The summed E-state index contributed by atoms with van der Waals surface area (Å²) in [6, 6.07) is 0. The summed E-state index contributed by atoms with van der Waals surface area (Å²) < 4.78 is 12.1. The molecule has 9 nitrogen and oxygen atoms in total. The van der Waals surface area contributed by atoms with Crippen LogP contribution in [0.15, 0.2) is 0 Å². The molecule has 0 aliphatic carbocycles. The summed E-state index contributed by atoms with van der Waals surface area (Å²) in [5.41, 5.74) is -0.252. The average Bonchev–Trinajstić information content (AvgIpc) is 2.88. The molecule has 1 rings (SSSR count). The molecule has 0 aliphatic rings. The van der Waals surface area contributed by atoms with E-state index in [2.05, 4.69) is 22.6 Å². The molecule has 1 amide bonds. The van der Waals surface area contributed by atoms with E-state index in [0.29, 0.717) is 25.5 Å². The molecule has 0 radical (unpaired) electrons. The lowest BCUT2D eigenvalue weighted by Gasteiger charge is -2.19. The molecule has 0 saturated carbocycles. The number of aromatic carboxylic acids is 1.